The second kappa shape index (κ2) is 6.03. The SMILES string of the molecule is CCC(C)(C)C(=O)C(Cl)(c1ccccc1)c1ccccc1. The highest BCUT2D eigenvalue weighted by atomic mass is 35.5. The number of hydrogen-bond acceptors (Lipinski definition) is 1. The van der Waals surface area contributed by atoms with Crippen molar-refractivity contribution in [3.8, 4) is 0 Å². The fourth-order valence-electron chi connectivity index (χ4n) is 2.39. The number of hydrogen-bond donors (Lipinski definition) is 0. The number of Topliss-reactive ketones (excluding diaryl/α,β-unsaturated/α-hetero) is 1. The van der Waals surface area contributed by atoms with Gasteiger partial charge >= 0.3 is 0 Å². The van der Waals surface area contributed by atoms with Gasteiger partial charge < -0.3 is 0 Å². The summed E-state index contributed by atoms with van der Waals surface area (Å²) in [6.07, 6.45) is 0.750. The minimum Gasteiger partial charge on any atom is -0.296 e. The van der Waals surface area contributed by atoms with Crippen molar-refractivity contribution < 1.29 is 4.79 Å². The third-order valence-corrected chi connectivity index (χ3v) is 4.76. The number of halogens is 1. The normalized spacial score (nSPS) is 12.2. The van der Waals surface area contributed by atoms with Gasteiger partial charge in [0.05, 0.1) is 0 Å². The Labute approximate surface area is 132 Å². The molecule has 0 N–H and O–H groups in total. The summed E-state index contributed by atoms with van der Waals surface area (Å²) in [4.78, 5) is 12.0. The van der Waals surface area contributed by atoms with E-state index in [-0.39, 0.29) is 5.78 Å². The largest absolute Gasteiger partial charge is 0.296 e. The van der Waals surface area contributed by atoms with Crippen LogP contribution in [0.4, 0.5) is 0 Å². The van der Waals surface area contributed by atoms with Gasteiger partial charge in [-0.1, -0.05) is 81.4 Å². The first-order chi connectivity index (χ1) is 9.93. The van der Waals surface area contributed by atoms with Crippen LogP contribution in [0, 0.1) is 5.41 Å². The van der Waals surface area contributed by atoms with E-state index in [1.165, 1.54) is 0 Å². The third-order valence-electron chi connectivity index (χ3n) is 4.15. The van der Waals surface area contributed by atoms with Gasteiger partial charge in [0.1, 0.15) is 0 Å². The van der Waals surface area contributed by atoms with Gasteiger partial charge in [0.25, 0.3) is 0 Å². The summed E-state index contributed by atoms with van der Waals surface area (Å²) in [5.74, 6) is 0.0385. The Balaban J connectivity index is 2.64. The third kappa shape index (κ3) is 2.89. The van der Waals surface area contributed by atoms with E-state index in [0.29, 0.717) is 0 Å². The monoisotopic (exact) mass is 300 g/mol. The molecule has 0 aliphatic heterocycles. The maximum atomic E-state index is 13.2. The molecule has 0 saturated carbocycles. The highest BCUT2D eigenvalue weighted by Crippen LogP contribution is 2.43. The summed E-state index contributed by atoms with van der Waals surface area (Å²) in [6.45, 7) is 5.93. The van der Waals surface area contributed by atoms with Gasteiger partial charge in [-0.2, -0.15) is 0 Å². The van der Waals surface area contributed by atoms with Crippen molar-refractivity contribution in [3.05, 3.63) is 71.8 Å². The summed E-state index contributed by atoms with van der Waals surface area (Å²) in [7, 11) is 0. The minimum atomic E-state index is -1.14. The van der Waals surface area contributed by atoms with Crippen molar-refractivity contribution >= 4 is 17.4 Å². The lowest BCUT2D eigenvalue weighted by Gasteiger charge is -2.34. The molecular formula is C19H21ClO. The van der Waals surface area contributed by atoms with Crippen LogP contribution in [-0.2, 0) is 9.67 Å². The molecule has 0 unspecified atom stereocenters. The number of rotatable bonds is 5. The first-order valence-electron chi connectivity index (χ1n) is 7.28. The van der Waals surface area contributed by atoms with Crippen LogP contribution in [0.2, 0.25) is 0 Å². The smallest absolute Gasteiger partial charge is 0.168 e. The molecule has 0 heterocycles. The summed E-state index contributed by atoms with van der Waals surface area (Å²) < 4.78 is 0. The zero-order valence-corrected chi connectivity index (χ0v) is 13.5. The van der Waals surface area contributed by atoms with E-state index in [9.17, 15) is 4.79 Å². The fraction of sp³-hybridized carbons (Fsp3) is 0.316. The molecule has 2 aromatic rings. The second-order valence-electron chi connectivity index (χ2n) is 5.96. The van der Waals surface area contributed by atoms with Crippen LogP contribution in [-0.4, -0.2) is 5.78 Å². The Kier molecular flexibility index (Phi) is 4.53. The lowest BCUT2D eigenvalue weighted by Crippen LogP contribution is -2.40. The summed E-state index contributed by atoms with van der Waals surface area (Å²) in [5.41, 5.74) is 1.17. The Hall–Kier alpha value is -1.60. The van der Waals surface area contributed by atoms with Crippen molar-refractivity contribution in [1.29, 1.82) is 0 Å². The molecule has 0 saturated heterocycles. The minimum absolute atomic E-state index is 0.0385. The molecule has 2 rings (SSSR count). The number of carbonyl (C=O) groups excluding carboxylic acids is 1. The van der Waals surface area contributed by atoms with Gasteiger partial charge in [0.2, 0.25) is 0 Å². The molecule has 2 aromatic carbocycles. The average molecular weight is 301 g/mol. The Morgan fingerprint density at radius 2 is 1.29 bits per heavy atom. The molecule has 2 heteroatoms. The topological polar surface area (TPSA) is 17.1 Å². The predicted octanol–water partition coefficient (Wildman–Crippen LogP) is 5.17. The van der Waals surface area contributed by atoms with Gasteiger partial charge in [-0.25, -0.2) is 0 Å². The van der Waals surface area contributed by atoms with Gasteiger partial charge in [0.15, 0.2) is 10.7 Å². The number of benzene rings is 2. The quantitative estimate of drug-likeness (QED) is 0.696. The van der Waals surface area contributed by atoms with Crippen LogP contribution < -0.4 is 0 Å². The Bertz CT molecular complexity index is 562. The molecule has 0 fully saturated rings. The summed E-state index contributed by atoms with van der Waals surface area (Å²) in [6, 6.07) is 19.2. The first kappa shape index (κ1) is 15.8. The molecule has 0 bridgehead atoms. The molecule has 0 radical (unpaired) electrons. The number of carbonyl (C=O) groups is 1. The summed E-state index contributed by atoms with van der Waals surface area (Å²) >= 11 is 6.95. The molecular weight excluding hydrogens is 280 g/mol. The lowest BCUT2D eigenvalue weighted by molar-refractivity contribution is -0.129. The maximum Gasteiger partial charge on any atom is 0.168 e. The van der Waals surface area contributed by atoms with E-state index in [2.05, 4.69) is 0 Å². The average Bonchev–Trinajstić information content (AvgIpc) is 2.55. The van der Waals surface area contributed by atoms with Gasteiger partial charge in [0, 0.05) is 5.41 Å². The first-order valence-corrected chi connectivity index (χ1v) is 7.65. The van der Waals surface area contributed by atoms with E-state index in [0.717, 1.165) is 17.5 Å². The van der Waals surface area contributed by atoms with Gasteiger partial charge in [-0.05, 0) is 17.5 Å². The molecule has 0 aromatic heterocycles. The lowest BCUT2D eigenvalue weighted by atomic mass is 9.73. The maximum absolute atomic E-state index is 13.2. The Morgan fingerprint density at radius 3 is 1.62 bits per heavy atom. The van der Waals surface area contributed by atoms with Crippen molar-refractivity contribution in [2.24, 2.45) is 5.41 Å². The highest BCUT2D eigenvalue weighted by Gasteiger charge is 2.46. The zero-order valence-electron chi connectivity index (χ0n) is 12.8. The molecule has 0 amide bonds. The van der Waals surface area contributed by atoms with Crippen LogP contribution in [0.15, 0.2) is 60.7 Å². The molecule has 0 atom stereocenters. The van der Waals surface area contributed by atoms with Crippen LogP contribution in [0.1, 0.15) is 38.3 Å². The second-order valence-corrected chi connectivity index (χ2v) is 6.52. The highest BCUT2D eigenvalue weighted by molar-refractivity contribution is 6.38. The van der Waals surface area contributed by atoms with E-state index < -0.39 is 10.3 Å². The molecule has 21 heavy (non-hydrogen) atoms. The molecule has 1 nitrogen and oxygen atoms in total. The molecule has 0 aliphatic rings. The Morgan fingerprint density at radius 1 is 0.905 bits per heavy atom. The zero-order chi connectivity index (χ0) is 15.5. The van der Waals surface area contributed by atoms with Crippen molar-refractivity contribution in [1.82, 2.24) is 0 Å². The number of alkyl halides is 1. The molecule has 0 spiro atoms. The number of ketones is 1. The van der Waals surface area contributed by atoms with E-state index in [1.807, 2.05) is 81.4 Å². The van der Waals surface area contributed by atoms with E-state index in [1.54, 1.807) is 0 Å². The van der Waals surface area contributed by atoms with Gasteiger partial charge in [-0.15, -0.1) is 11.6 Å². The van der Waals surface area contributed by atoms with E-state index in [4.69, 9.17) is 11.6 Å². The van der Waals surface area contributed by atoms with Crippen LogP contribution in [0.3, 0.4) is 0 Å². The van der Waals surface area contributed by atoms with Gasteiger partial charge in [-0.3, -0.25) is 4.79 Å². The van der Waals surface area contributed by atoms with Crippen LogP contribution >= 0.6 is 11.6 Å². The predicted molar refractivity (Wildman–Crippen MR) is 88.6 cm³/mol. The molecule has 0 aliphatic carbocycles. The van der Waals surface area contributed by atoms with Crippen molar-refractivity contribution in [2.75, 3.05) is 0 Å². The van der Waals surface area contributed by atoms with Crippen LogP contribution in [0.25, 0.3) is 0 Å². The van der Waals surface area contributed by atoms with E-state index >= 15 is 0 Å². The summed E-state index contributed by atoms with van der Waals surface area (Å²) in [5, 5.41) is 0. The molecule has 110 valence electrons. The van der Waals surface area contributed by atoms with Crippen molar-refractivity contribution in [3.63, 3.8) is 0 Å². The van der Waals surface area contributed by atoms with Crippen molar-refractivity contribution in [2.45, 2.75) is 32.1 Å². The fourth-order valence-corrected chi connectivity index (χ4v) is 2.90. The van der Waals surface area contributed by atoms with Crippen LogP contribution in [0.5, 0.6) is 0 Å². The standard InChI is InChI=1S/C19H21ClO/c1-4-18(2,3)17(21)19(20,15-11-7-5-8-12-15)16-13-9-6-10-14-16/h5-14H,4H2,1-3H3.